The van der Waals surface area contributed by atoms with Gasteiger partial charge in [0.2, 0.25) is 0 Å². The van der Waals surface area contributed by atoms with Gasteiger partial charge in [-0.1, -0.05) is 49.4 Å². The van der Waals surface area contributed by atoms with Crippen LogP contribution in [0.15, 0.2) is 79.0 Å². The number of aliphatic carboxylic acids is 1. The number of H-pyrrole nitrogens is 1. The lowest BCUT2D eigenvalue weighted by molar-refractivity contribution is -0.131. The molecule has 154 valence electrons. The predicted octanol–water partition coefficient (Wildman–Crippen LogP) is 6.17. The lowest BCUT2D eigenvalue weighted by Crippen LogP contribution is -1.96. The number of rotatable bonds is 6. The molecule has 1 aromatic heterocycles. The van der Waals surface area contributed by atoms with E-state index in [-0.39, 0.29) is 5.82 Å². The number of benzene rings is 3. The number of nitrogens with one attached hydrogen (secondary N) is 1. The van der Waals surface area contributed by atoms with Crippen molar-refractivity contribution in [3.05, 3.63) is 107 Å². The van der Waals surface area contributed by atoms with E-state index in [0.717, 1.165) is 56.8 Å². The molecule has 2 N–H and O–H groups in total. The summed E-state index contributed by atoms with van der Waals surface area (Å²) in [5.41, 5.74) is 6.89. The average Bonchev–Trinajstić information content (AvgIpc) is 3.25. The zero-order valence-corrected chi connectivity index (χ0v) is 17.0. The van der Waals surface area contributed by atoms with E-state index < -0.39 is 5.97 Å². The second-order valence-electron chi connectivity index (χ2n) is 7.18. The molecule has 4 nitrogen and oxygen atoms in total. The molecule has 0 fully saturated rings. The maximum absolute atomic E-state index is 13.5. The van der Waals surface area contributed by atoms with Crippen LogP contribution >= 0.6 is 0 Å². The van der Waals surface area contributed by atoms with Crippen molar-refractivity contribution in [2.75, 3.05) is 0 Å². The number of fused-ring (bicyclic) bond motifs is 1. The van der Waals surface area contributed by atoms with E-state index in [1.54, 1.807) is 24.4 Å². The molecule has 0 radical (unpaired) electrons. The first-order valence-corrected chi connectivity index (χ1v) is 9.99. The smallest absolute Gasteiger partial charge is 0.328 e. The van der Waals surface area contributed by atoms with E-state index in [0.29, 0.717) is 0 Å². The summed E-state index contributed by atoms with van der Waals surface area (Å²) in [6.45, 7) is 2.08. The van der Waals surface area contributed by atoms with Crippen LogP contribution in [-0.2, 0) is 4.79 Å². The molecular weight excluding hydrogens is 391 g/mol. The molecule has 0 saturated heterocycles. The summed E-state index contributed by atoms with van der Waals surface area (Å²) < 4.78 is 13.5. The van der Waals surface area contributed by atoms with Crippen molar-refractivity contribution in [3.63, 3.8) is 0 Å². The Morgan fingerprint density at radius 1 is 1.00 bits per heavy atom. The number of hydrogen-bond acceptors (Lipinski definition) is 2. The SMILES string of the molecule is CCC(=C(c1ccc(C=CC(=O)O)cc1)c1ccc2[nH]ncc2c1)c1ccc(F)cc1. The highest BCUT2D eigenvalue weighted by Gasteiger charge is 2.14. The molecule has 5 heteroatoms. The minimum Gasteiger partial charge on any atom is -0.478 e. The molecule has 0 saturated carbocycles. The van der Waals surface area contributed by atoms with Gasteiger partial charge in [0.1, 0.15) is 5.82 Å². The Morgan fingerprint density at radius 2 is 1.68 bits per heavy atom. The lowest BCUT2D eigenvalue weighted by atomic mass is 9.87. The Hall–Kier alpha value is -3.99. The normalized spacial score (nSPS) is 12.3. The Kier molecular flexibility index (Phi) is 5.76. The van der Waals surface area contributed by atoms with Gasteiger partial charge in [-0.05, 0) is 70.2 Å². The lowest BCUT2D eigenvalue weighted by Gasteiger charge is -2.17. The fourth-order valence-electron chi connectivity index (χ4n) is 3.72. The molecule has 0 aliphatic heterocycles. The number of carboxylic acid groups (broad SMARTS) is 1. The standard InChI is InChI=1S/C26H21FN2O2/c1-2-23(18-8-11-22(27)12-9-18)26(20-10-13-24-21(15-20)16-28-29-24)19-6-3-17(4-7-19)5-14-25(30)31/h3-16H,2H2,1H3,(H,28,29)(H,30,31). The topological polar surface area (TPSA) is 66.0 Å². The van der Waals surface area contributed by atoms with Crippen LogP contribution in [0.2, 0.25) is 0 Å². The van der Waals surface area contributed by atoms with Crippen LogP contribution < -0.4 is 0 Å². The molecule has 0 bridgehead atoms. The maximum atomic E-state index is 13.5. The first kappa shape index (κ1) is 20.3. The second-order valence-corrected chi connectivity index (χ2v) is 7.18. The van der Waals surface area contributed by atoms with Crippen LogP contribution in [0.1, 0.15) is 35.6 Å². The van der Waals surface area contributed by atoms with Gasteiger partial charge in [-0.2, -0.15) is 5.10 Å². The quantitative estimate of drug-likeness (QED) is 0.294. The molecule has 4 rings (SSSR count). The van der Waals surface area contributed by atoms with Gasteiger partial charge < -0.3 is 5.11 Å². The Morgan fingerprint density at radius 3 is 2.35 bits per heavy atom. The van der Waals surface area contributed by atoms with Crippen molar-refractivity contribution < 1.29 is 14.3 Å². The maximum Gasteiger partial charge on any atom is 0.328 e. The summed E-state index contributed by atoms with van der Waals surface area (Å²) in [6, 6.07) is 20.4. The molecule has 0 aliphatic carbocycles. The number of hydrogen-bond donors (Lipinski definition) is 2. The largest absolute Gasteiger partial charge is 0.478 e. The highest BCUT2D eigenvalue weighted by atomic mass is 19.1. The van der Waals surface area contributed by atoms with Crippen LogP contribution in [0, 0.1) is 5.82 Å². The molecule has 0 aliphatic rings. The zero-order chi connectivity index (χ0) is 21.8. The molecule has 0 amide bonds. The Labute approximate surface area is 179 Å². The zero-order valence-electron chi connectivity index (χ0n) is 17.0. The number of allylic oxidation sites excluding steroid dienone is 1. The van der Waals surface area contributed by atoms with Gasteiger partial charge in [0, 0.05) is 11.5 Å². The third-order valence-electron chi connectivity index (χ3n) is 5.19. The number of halogens is 1. The van der Waals surface area contributed by atoms with Gasteiger partial charge in [-0.3, -0.25) is 5.10 Å². The highest BCUT2D eigenvalue weighted by molar-refractivity contribution is 6.00. The monoisotopic (exact) mass is 412 g/mol. The molecule has 0 atom stereocenters. The summed E-state index contributed by atoms with van der Waals surface area (Å²) in [5.74, 6) is -1.25. The van der Waals surface area contributed by atoms with Crippen LogP contribution in [-0.4, -0.2) is 21.3 Å². The van der Waals surface area contributed by atoms with Crippen molar-refractivity contribution in [1.29, 1.82) is 0 Å². The number of nitrogens with zero attached hydrogens (tertiary/aromatic N) is 1. The van der Waals surface area contributed by atoms with Gasteiger partial charge in [0.05, 0.1) is 11.7 Å². The van der Waals surface area contributed by atoms with Crippen LogP contribution in [0.5, 0.6) is 0 Å². The summed E-state index contributed by atoms with van der Waals surface area (Å²) >= 11 is 0. The van der Waals surface area contributed by atoms with Gasteiger partial charge in [0.25, 0.3) is 0 Å². The van der Waals surface area contributed by atoms with E-state index in [1.807, 2.05) is 36.4 Å². The van der Waals surface area contributed by atoms with Gasteiger partial charge in [-0.15, -0.1) is 0 Å². The first-order chi connectivity index (χ1) is 15.0. The van der Waals surface area contributed by atoms with E-state index in [1.165, 1.54) is 12.1 Å². The number of aromatic nitrogens is 2. The first-order valence-electron chi connectivity index (χ1n) is 9.99. The molecular formula is C26H21FN2O2. The molecule has 0 spiro atoms. The Bertz CT molecular complexity index is 1280. The average molecular weight is 412 g/mol. The van der Waals surface area contributed by atoms with Crippen molar-refractivity contribution in [2.45, 2.75) is 13.3 Å². The molecule has 1 heterocycles. The van der Waals surface area contributed by atoms with Gasteiger partial charge >= 0.3 is 5.97 Å². The molecule has 0 unspecified atom stereocenters. The van der Waals surface area contributed by atoms with Crippen molar-refractivity contribution in [2.24, 2.45) is 0 Å². The van der Waals surface area contributed by atoms with E-state index in [9.17, 15) is 9.18 Å². The van der Waals surface area contributed by atoms with E-state index in [4.69, 9.17) is 5.11 Å². The minimum absolute atomic E-state index is 0.268. The fraction of sp³-hybridized carbons (Fsp3) is 0.0769. The summed E-state index contributed by atoms with van der Waals surface area (Å²) in [4.78, 5) is 10.8. The summed E-state index contributed by atoms with van der Waals surface area (Å²) in [5, 5.41) is 17.0. The Balaban J connectivity index is 1.89. The summed E-state index contributed by atoms with van der Waals surface area (Å²) in [6.07, 6.45) is 5.23. The van der Waals surface area contributed by atoms with Crippen molar-refractivity contribution in [1.82, 2.24) is 10.2 Å². The van der Waals surface area contributed by atoms with Crippen LogP contribution in [0.25, 0.3) is 28.1 Å². The highest BCUT2D eigenvalue weighted by Crippen LogP contribution is 2.35. The van der Waals surface area contributed by atoms with E-state index in [2.05, 4.69) is 23.2 Å². The van der Waals surface area contributed by atoms with Gasteiger partial charge in [-0.25, -0.2) is 9.18 Å². The molecule has 3 aromatic carbocycles. The second kappa shape index (κ2) is 8.79. The number of carbonyl (C=O) groups is 1. The van der Waals surface area contributed by atoms with Crippen LogP contribution in [0.4, 0.5) is 4.39 Å². The molecule has 31 heavy (non-hydrogen) atoms. The third-order valence-corrected chi connectivity index (χ3v) is 5.19. The van der Waals surface area contributed by atoms with E-state index >= 15 is 0 Å². The predicted molar refractivity (Wildman–Crippen MR) is 122 cm³/mol. The van der Waals surface area contributed by atoms with Crippen molar-refractivity contribution >= 4 is 34.1 Å². The van der Waals surface area contributed by atoms with Crippen molar-refractivity contribution in [3.8, 4) is 0 Å². The minimum atomic E-state index is -0.984. The number of carboxylic acids is 1. The number of aromatic amines is 1. The fourth-order valence-corrected chi connectivity index (χ4v) is 3.72. The van der Waals surface area contributed by atoms with Crippen LogP contribution in [0.3, 0.4) is 0 Å². The molecule has 4 aromatic rings. The summed E-state index contributed by atoms with van der Waals surface area (Å²) in [7, 11) is 0. The van der Waals surface area contributed by atoms with Gasteiger partial charge in [0.15, 0.2) is 0 Å². The third kappa shape index (κ3) is 4.46.